The molecule has 0 aliphatic rings. The van der Waals surface area contributed by atoms with Crippen molar-refractivity contribution in [2.45, 2.75) is 6.92 Å². The van der Waals surface area contributed by atoms with E-state index in [4.69, 9.17) is 4.74 Å². The van der Waals surface area contributed by atoms with Crippen LogP contribution in [0, 0.1) is 12.7 Å². The van der Waals surface area contributed by atoms with E-state index in [1.54, 1.807) is 18.3 Å². The first-order valence-electron chi connectivity index (χ1n) is 9.35. The summed E-state index contributed by atoms with van der Waals surface area (Å²) in [4.78, 5) is 19.4. The molecule has 30 heavy (non-hydrogen) atoms. The number of nitrogens with one attached hydrogen (secondary N) is 2. The molecule has 4 rings (SSSR count). The van der Waals surface area contributed by atoms with E-state index in [9.17, 15) is 9.18 Å². The summed E-state index contributed by atoms with van der Waals surface area (Å²) in [5.41, 5.74) is 5.47. The number of methoxy groups -OCH3 is 1. The van der Waals surface area contributed by atoms with Crippen molar-refractivity contribution in [2.75, 3.05) is 12.4 Å². The summed E-state index contributed by atoms with van der Waals surface area (Å²) in [7, 11) is 1.38. The van der Waals surface area contributed by atoms with Crippen molar-refractivity contribution in [1.29, 1.82) is 0 Å². The van der Waals surface area contributed by atoms with Gasteiger partial charge in [-0.3, -0.25) is 4.79 Å². The van der Waals surface area contributed by atoms with Gasteiger partial charge in [-0.1, -0.05) is 36.4 Å². The molecule has 4 aromatic rings. The minimum Gasteiger partial charge on any atom is -0.494 e. The number of amides is 1. The van der Waals surface area contributed by atoms with E-state index in [1.807, 2.05) is 37.4 Å². The maximum Gasteiger partial charge on any atom is 0.247 e. The Kier molecular flexibility index (Phi) is 5.06. The van der Waals surface area contributed by atoms with Gasteiger partial charge in [0.1, 0.15) is 5.65 Å². The van der Waals surface area contributed by atoms with Crippen molar-refractivity contribution in [2.24, 2.45) is 0 Å². The second-order valence-corrected chi connectivity index (χ2v) is 6.93. The van der Waals surface area contributed by atoms with Crippen LogP contribution in [0.1, 0.15) is 5.56 Å². The number of carbonyl (C=O) groups is 1. The SMILES string of the molecule is C=CC(=O)Nc1cc(-c2cnc3[nH]cc(-c4cccc(C)c4)c3c2)cc(OC)c1F. The summed E-state index contributed by atoms with van der Waals surface area (Å²) in [6, 6.07) is 13.3. The highest BCUT2D eigenvalue weighted by Gasteiger charge is 2.15. The third-order valence-electron chi connectivity index (χ3n) is 4.90. The number of aryl methyl sites for hydroxylation is 1. The summed E-state index contributed by atoms with van der Waals surface area (Å²) < 4.78 is 19.8. The van der Waals surface area contributed by atoms with Gasteiger partial charge in [-0.2, -0.15) is 0 Å². The lowest BCUT2D eigenvalue weighted by Crippen LogP contribution is -2.09. The summed E-state index contributed by atoms with van der Waals surface area (Å²) in [6.45, 7) is 5.45. The van der Waals surface area contributed by atoms with Gasteiger partial charge in [0, 0.05) is 28.9 Å². The first-order chi connectivity index (χ1) is 14.5. The molecule has 0 atom stereocenters. The second-order valence-electron chi connectivity index (χ2n) is 6.93. The number of aromatic amines is 1. The predicted octanol–water partition coefficient (Wildman–Crippen LogP) is 5.48. The fourth-order valence-electron chi connectivity index (χ4n) is 3.40. The van der Waals surface area contributed by atoms with E-state index in [-0.39, 0.29) is 11.4 Å². The fourth-order valence-corrected chi connectivity index (χ4v) is 3.40. The van der Waals surface area contributed by atoms with Crippen molar-refractivity contribution in [3.63, 3.8) is 0 Å². The average molecular weight is 401 g/mol. The number of hydrogen-bond donors (Lipinski definition) is 2. The molecule has 6 heteroatoms. The van der Waals surface area contributed by atoms with Crippen molar-refractivity contribution in [1.82, 2.24) is 9.97 Å². The van der Waals surface area contributed by atoms with Crippen molar-refractivity contribution < 1.29 is 13.9 Å². The molecule has 0 aliphatic heterocycles. The summed E-state index contributed by atoms with van der Waals surface area (Å²) in [6.07, 6.45) is 4.71. The van der Waals surface area contributed by atoms with E-state index in [0.717, 1.165) is 39.4 Å². The molecule has 1 amide bonds. The van der Waals surface area contributed by atoms with Crippen LogP contribution in [0.4, 0.5) is 10.1 Å². The molecule has 0 unspecified atom stereocenters. The number of H-pyrrole nitrogens is 1. The lowest BCUT2D eigenvalue weighted by molar-refractivity contribution is -0.111. The largest absolute Gasteiger partial charge is 0.494 e. The molecule has 2 aromatic heterocycles. The van der Waals surface area contributed by atoms with Crippen LogP contribution in [0.5, 0.6) is 5.75 Å². The second kappa shape index (κ2) is 7.83. The number of ether oxygens (including phenoxy) is 1. The van der Waals surface area contributed by atoms with Crippen LogP contribution < -0.4 is 10.1 Å². The zero-order valence-electron chi connectivity index (χ0n) is 16.6. The van der Waals surface area contributed by atoms with Gasteiger partial charge in [0.25, 0.3) is 0 Å². The number of pyridine rings is 1. The van der Waals surface area contributed by atoms with Gasteiger partial charge in [0.05, 0.1) is 12.8 Å². The van der Waals surface area contributed by atoms with Crippen molar-refractivity contribution in [3.8, 4) is 28.0 Å². The molecule has 2 heterocycles. The third kappa shape index (κ3) is 3.55. The van der Waals surface area contributed by atoms with Gasteiger partial charge in [0.2, 0.25) is 5.91 Å². The zero-order valence-corrected chi connectivity index (χ0v) is 16.6. The number of fused-ring (bicyclic) bond motifs is 1. The Bertz CT molecular complexity index is 1280. The molecule has 0 spiro atoms. The lowest BCUT2D eigenvalue weighted by atomic mass is 10.0. The van der Waals surface area contributed by atoms with Crippen LogP contribution in [0.3, 0.4) is 0 Å². The average Bonchev–Trinajstić information content (AvgIpc) is 3.18. The topological polar surface area (TPSA) is 67.0 Å². The Morgan fingerprint density at radius 1 is 1.20 bits per heavy atom. The van der Waals surface area contributed by atoms with Gasteiger partial charge >= 0.3 is 0 Å². The fraction of sp³-hybridized carbons (Fsp3) is 0.0833. The van der Waals surface area contributed by atoms with Gasteiger partial charge in [0.15, 0.2) is 11.6 Å². The van der Waals surface area contributed by atoms with E-state index in [1.165, 1.54) is 7.11 Å². The Morgan fingerprint density at radius 3 is 2.77 bits per heavy atom. The summed E-state index contributed by atoms with van der Waals surface area (Å²) >= 11 is 0. The van der Waals surface area contributed by atoms with E-state index >= 15 is 0 Å². The molecule has 0 fully saturated rings. The number of hydrogen-bond acceptors (Lipinski definition) is 3. The van der Waals surface area contributed by atoms with Gasteiger partial charge < -0.3 is 15.0 Å². The highest BCUT2D eigenvalue weighted by Crippen LogP contribution is 2.35. The van der Waals surface area contributed by atoms with Crippen LogP contribution in [-0.2, 0) is 4.79 Å². The van der Waals surface area contributed by atoms with Crippen LogP contribution in [0.25, 0.3) is 33.3 Å². The standard InChI is InChI=1S/C24H20FN3O2/c1-4-22(29)28-20-10-16(11-21(30-3)23(20)25)17-9-18-19(13-27-24(18)26-12-17)15-7-5-6-14(2)8-15/h4-13H,1H2,2-3H3,(H,26,27)(H,28,29). The van der Waals surface area contributed by atoms with Crippen molar-refractivity contribution in [3.05, 3.63) is 78.9 Å². The highest BCUT2D eigenvalue weighted by molar-refractivity contribution is 6.00. The smallest absolute Gasteiger partial charge is 0.247 e. The van der Waals surface area contributed by atoms with Crippen LogP contribution in [0.15, 0.2) is 67.5 Å². The Morgan fingerprint density at radius 2 is 2.03 bits per heavy atom. The third-order valence-corrected chi connectivity index (χ3v) is 4.90. The van der Waals surface area contributed by atoms with Crippen molar-refractivity contribution >= 4 is 22.6 Å². The number of nitrogens with zero attached hydrogens (tertiary/aromatic N) is 1. The van der Waals surface area contributed by atoms with Crippen LogP contribution >= 0.6 is 0 Å². The Hall–Kier alpha value is -3.93. The first kappa shape index (κ1) is 19.4. The Labute approximate surface area is 173 Å². The minimum absolute atomic E-state index is 0.0160. The summed E-state index contributed by atoms with van der Waals surface area (Å²) in [5, 5.41) is 3.42. The summed E-state index contributed by atoms with van der Waals surface area (Å²) in [5.74, 6) is -1.12. The molecular formula is C24H20FN3O2. The Balaban J connectivity index is 1.85. The monoisotopic (exact) mass is 401 g/mol. The highest BCUT2D eigenvalue weighted by atomic mass is 19.1. The normalized spacial score (nSPS) is 10.8. The number of anilines is 1. The maximum atomic E-state index is 14.6. The lowest BCUT2D eigenvalue weighted by Gasteiger charge is -2.12. The van der Waals surface area contributed by atoms with E-state index in [2.05, 4.69) is 27.9 Å². The number of rotatable bonds is 5. The molecule has 5 nitrogen and oxygen atoms in total. The molecule has 2 N–H and O–H groups in total. The number of carbonyl (C=O) groups excluding carboxylic acids is 1. The molecule has 0 saturated heterocycles. The zero-order chi connectivity index (χ0) is 21.3. The van der Waals surface area contributed by atoms with Gasteiger partial charge in [-0.15, -0.1) is 0 Å². The van der Waals surface area contributed by atoms with Gasteiger partial charge in [-0.05, 0) is 42.3 Å². The molecule has 0 aliphatic carbocycles. The first-order valence-corrected chi connectivity index (χ1v) is 9.35. The number of benzene rings is 2. The molecule has 0 bridgehead atoms. The van der Waals surface area contributed by atoms with Gasteiger partial charge in [-0.25, -0.2) is 9.37 Å². The molecule has 2 aromatic carbocycles. The van der Waals surface area contributed by atoms with Crippen LogP contribution in [-0.4, -0.2) is 23.0 Å². The van der Waals surface area contributed by atoms with E-state index in [0.29, 0.717) is 5.56 Å². The maximum absolute atomic E-state index is 14.6. The van der Waals surface area contributed by atoms with E-state index < -0.39 is 11.7 Å². The number of aromatic nitrogens is 2. The quantitative estimate of drug-likeness (QED) is 0.435. The molecule has 0 saturated carbocycles. The molecule has 150 valence electrons. The molecular weight excluding hydrogens is 381 g/mol. The minimum atomic E-state index is -0.646. The molecule has 0 radical (unpaired) electrons. The number of halogens is 1. The van der Waals surface area contributed by atoms with Crippen LogP contribution in [0.2, 0.25) is 0 Å². The predicted molar refractivity (Wildman–Crippen MR) is 117 cm³/mol.